The van der Waals surface area contributed by atoms with Gasteiger partial charge in [-0.05, 0) is 62.7 Å². The topological polar surface area (TPSA) is 61.2 Å². The molecule has 0 fully saturated rings. The van der Waals surface area contributed by atoms with Gasteiger partial charge in [0, 0.05) is 11.3 Å². The van der Waals surface area contributed by atoms with E-state index in [1.165, 1.54) is 0 Å². The van der Waals surface area contributed by atoms with Gasteiger partial charge in [0.1, 0.15) is 5.82 Å². The second-order valence-corrected chi connectivity index (χ2v) is 7.35. The molecule has 0 N–H and O–H groups in total. The van der Waals surface area contributed by atoms with E-state index in [1.807, 2.05) is 79.9 Å². The lowest BCUT2D eigenvalue weighted by atomic mass is 10.0. The Labute approximate surface area is 174 Å². The standard InChI is InChI=1S/C25H22N2O3/c1-16-9-10-17(2)21(13-16)24(28)15-30-25(29)19-11-12-23-22(14-19)26-18(3)27(23)20-7-5-4-6-8-20/h4-14H,15H2,1-3H3. The highest BCUT2D eigenvalue weighted by atomic mass is 16.5. The van der Waals surface area contributed by atoms with Gasteiger partial charge < -0.3 is 4.74 Å². The largest absolute Gasteiger partial charge is 0.454 e. The number of hydrogen-bond donors (Lipinski definition) is 0. The summed E-state index contributed by atoms with van der Waals surface area (Å²) >= 11 is 0. The third kappa shape index (κ3) is 3.74. The smallest absolute Gasteiger partial charge is 0.338 e. The zero-order valence-electron chi connectivity index (χ0n) is 17.2. The van der Waals surface area contributed by atoms with Crippen LogP contribution in [0.3, 0.4) is 0 Å². The number of carbonyl (C=O) groups excluding carboxylic acids is 2. The van der Waals surface area contributed by atoms with Gasteiger partial charge in [0.15, 0.2) is 6.61 Å². The molecule has 0 radical (unpaired) electrons. The van der Waals surface area contributed by atoms with Crippen LogP contribution in [0.15, 0.2) is 66.7 Å². The fourth-order valence-electron chi connectivity index (χ4n) is 3.56. The van der Waals surface area contributed by atoms with E-state index in [2.05, 4.69) is 4.98 Å². The Morgan fingerprint density at radius 2 is 1.70 bits per heavy atom. The zero-order chi connectivity index (χ0) is 21.3. The Balaban J connectivity index is 1.54. The van der Waals surface area contributed by atoms with Crippen molar-refractivity contribution in [3.63, 3.8) is 0 Å². The number of imidazole rings is 1. The number of Topliss-reactive ketones (excluding diaryl/α,β-unsaturated/α-hetero) is 1. The quantitative estimate of drug-likeness (QED) is 0.351. The molecule has 5 heteroatoms. The van der Waals surface area contributed by atoms with Crippen LogP contribution in [-0.2, 0) is 4.74 Å². The lowest BCUT2D eigenvalue weighted by Gasteiger charge is -2.08. The van der Waals surface area contributed by atoms with Gasteiger partial charge in [0.05, 0.1) is 16.6 Å². The minimum Gasteiger partial charge on any atom is -0.454 e. The van der Waals surface area contributed by atoms with E-state index >= 15 is 0 Å². The lowest BCUT2D eigenvalue weighted by molar-refractivity contribution is 0.0474. The SMILES string of the molecule is Cc1ccc(C)c(C(=O)COC(=O)c2ccc3c(c2)nc(C)n3-c2ccccc2)c1. The van der Waals surface area contributed by atoms with Crippen molar-refractivity contribution in [3.05, 3.63) is 94.8 Å². The molecule has 1 aromatic heterocycles. The van der Waals surface area contributed by atoms with Crippen molar-refractivity contribution in [2.24, 2.45) is 0 Å². The van der Waals surface area contributed by atoms with Crippen LogP contribution in [0.2, 0.25) is 0 Å². The maximum Gasteiger partial charge on any atom is 0.338 e. The van der Waals surface area contributed by atoms with Crippen molar-refractivity contribution in [1.82, 2.24) is 9.55 Å². The maximum atomic E-state index is 12.5. The Morgan fingerprint density at radius 1 is 0.933 bits per heavy atom. The average Bonchev–Trinajstić information content (AvgIpc) is 3.08. The van der Waals surface area contributed by atoms with E-state index in [1.54, 1.807) is 12.1 Å². The molecule has 4 rings (SSSR count). The molecule has 0 saturated carbocycles. The Bertz CT molecular complexity index is 1260. The van der Waals surface area contributed by atoms with Crippen molar-refractivity contribution >= 4 is 22.8 Å². The number of benzene rings is 3. The second-order valence-electron chi connectivity index (χ2n) is 7.35. The number of rotatable bonds is 5. The van der Waals surface area contributed by atoms with Crippen LogP contribution in [0, 0.1) is 20.8 Å². The summed E-state index contributed by atoms with van der Waals surface area (Å²) in [5.41, 5.74) is 5.42. The third-order valence-electron chi connectivity index (χ3n) is 5.10. The fourth-order valence-corrected chi connectivity index (χ4v) is 3.56. The lowest BCUT2D eigenvalue weighted by Crippen LogP contribution is -2.15. The van der Waals surface area contributed by atoms with Crippen LogP contribution in [0.1, 0.15) is 37.7 Å². The zero-order valence-corrected chi connectivity index (χ0v) is 17.2. The maximum absolute atomic E-state index is 12.5. The molecule has 30 heavy (non-hydrogen) atoms. The monoisotopic (exact) mass is 398 g/mol. The number of fused-ring (bicyclic) bond motifs is 1. The van der Waals surface area contributed by atoms with E-state index in [0.29, 0.717) is 16.6 Å². The normalized spacial score (nSPS) is 10.9. The molecule has 0 bridgehead atoms. The highest BCUT2D eigenvalue weighted by Crippen LogP contribution is 2.22. The summed E-state index contributed by atoms with van der Waals surface area (Å²) in [7, 11) is 0. The molecule has 4 aromatic rings. The van der Waals surface area contributed by atoms with Crippen molar-refractivity contribution in [3.8, 4) is 5.69 Å². The van der Waals surface area contributed by atoms with E-state index in [9.17, 15) is 9.59 Å². The van der Waals surface area contributed by atoms with E-state index < -0.39 is 5.97 Å². The van der Waals surface area contributed by atoms with E-state index in [4.69, 9.17) is 4.74 Å². The molecule has 0 aliphatic heterocycles. The first-order chi connectivity index (χ1) is 14.4. The van der Waals surface area contributed by atoms with Crippen LogP contribution in [0.4, 0.5) is 0 Å². The van der Waals surface area contributed by atoms with Crippen molar-refractivity contribution in [1.29, 1.82) is 0 Å². The van der Waals surface area contributed by atoms with Gasteiger partial charge >= 0.3 is 5.97 Å². The number of carbonyl (C=O) groups is 2. The summed E-state index contributed by atoms with van der Waals surface area (Å²) in [6, 6.07) is 20.8. The number of ketones is 1. The first-order valence-corrected chi connectivity index (χ1v) is 9.76. The molecule has 150 valence electrons. The summed E-state index contributed by atoms with van der Waals surface area (Å²) in [6.45, 7) is 5.42. The van der Waals surface area contributed by atoms with Crippen molar-refractivity contribution in [2.45, 2.75) is 20.8 Å². The Morgan fingerprint density at radius 3 is 2.47 bits per heavy atom. The van der Waals surface area contributed by atoms with Gasteiger partial charge in [0.2, 0.25) is 5.78 Å². The van der Waals surface area contributed by atoms with Crippen LogP contribution in [0.25, 0.3) is 16.7 Å². The number of aryl methyl sites for hydroxylation is 3. The number of esters is 1. The summed E-state index contributed by atoms with van der Waals surface area (Å²) in [4.78, 5) is 29.6. The molecular formula is C25H22N2O3. The van der Waals surface area contributed by atoms with E-state index in [-0.39, 0.29) is 12.4 Å². The number of hydrogen-bond acceptors (Lipinski definition) is 4. The van der Waals surface area contributed by atoms with E-state index in [0.717, 1.165) is 28.2 Å². The van der Waals surface area contributed by atoms with Crippen LogP contribution in [0.5, 0.6) is 0 Å². The van der Waals surface area contributed by atoms with Gasteiger partial charge in [-0.3, -0.25) is 9.36 Å². The molecule has 0 atom stereocenters. The van der Waals surface area contributed by atoms with Crippen LogP contribution < -0.4 is 0 Å². The third-order valence-corrected chi connectivity index (χ3v) is 5.10. The van der Waals surface area contributed by atoms with Gasteiger partial charge in [-0.2, -0.15) is 0 Å². The van der Waals surface area contributed by atoms with Gasteiger partial charge in [-0.1, -0.05) is 35.9 Å². The molecule has 0 spiro atoms. The van der Waals surface area contributed by atoms with Gasteiger partial charge in [-0.15, -0.1) is 0 Å². The number of nitrogens with zero attached hydrogens (tertiary/aromatic N) is 2. The first-order valence-electron chi connectivity index (χ1n) is 9.76. The number of ether oxygens (including phenoxy) is 1. The molecule has 0 amide bonds. The van der Waals surface area contributed by atoms with Crippen molar-refractivity contribution in [2.75, 3.05) is 6.61 Å². The molecule has 0 aliphatic rings. The molecule has 0 saturated heterocycles. The first kappa shape index (κ1) is 19.6. The minimum absolute atomic E-state index is 0.213. The number of para-hydroxylation sites is 1. The molecular weight excluding hydrogens is 376 g/mol. The minimum atomic E-state index is -0.539. The second kappa shape index (κ2) is 7.95. The predicted octanol–water partition coefficient (Wildman–Crippen LogP) is 4.99. The summed E-state index contributed by atoms with van der Waals surface area (Å²) in [5.74, 6) is 0.0733. The highest BCUT2D eigenvalue weighted by molar-refractivity contribution is 6.01. The van der Waals surface area contributed by atoms with Crippen LogP contribution >= 0.6 is 0 Å². The molecule has 5 nitrogen and oxygen atoms in total. The van der Waals surface area contributed by atoms with Crippen LogP contribution in [-0.4, -0.2) is 27.9 Å². The fraction of sp³-hybridized carbons (Fsp3) is 0.160. The summed E-state index contributed by atoms with van der Waals surface area (Å²) in [6.07, 6.45) is 0. The summed E-state index contributed by atoms with van der Waals surface area (Å²) in [5, 5.41) is 0. The molecule has 0 aliphatic carbocycles. The highest BCUT2D eigenvalue weighted by Gasteiger charge is 2.16. The van der Waals surface area contributed by atoms with Gasteiger partial charge in [0.25, 0.3) is 0 Å². The Hall–Kier alpha value is -3.73. The van der Waals surface area contributed by atoms with Gasteiger partial charge in [-0.25, -0.2) is 9.78 Å². The average molecular weight is 398 g/mol. The molecule has 1 heterocycles. The predicted molar refractivity (Wildman–Crippen MR) is 116 cm³/mol. The Kier molecular flexibility index (Phi) is 5.19. The number of aromatic nitrogens is 2. The van der Waals surface area contributed by atoms with Crippen molar-refractivity contribution < 1.29 is 14.3 Å². The molecule has 3 aromatic carbocycles. The summed E-state index contributed by atoms with van der Waals surface area (Å²) < 4.78 is 7.32. The molecule has 0 unspecified atom stereocenters.